The molecule has 1 aromatic carbocycles. The number of aromatic nitrogens is 6. The molecule has 36 heavy (non-hydrogen) atoms. The summed E-state index contributed by atoms with van der Waals surface area (Å²) in [6, 6.07) is 7.20. The summed E-state index contributed by atoms with van der Waals surface area (Å²) in [5.74, 6) is 1.34. The maximum atomic E-state index is 12.0. The van der Waals surface area contributed by atoms with E-state index in [-0.39, 0.29) is 10.8 Å². The van der Waals surface area contributed by atoms with Crippen LogP contribution in [-0.2, 0) is 27.9 Å². The van der Waals surface area contributed by atoms with Gasteiger partial charge >= 0.3 is 0 Å². The van der Waals surface area contributed by atoms with Crippen LogP contribution in [0.1, 0.15) is 53.1 Å². The number of fused-ring (bicyclic) bond motifs is 1. The normalized spacial score (nSPS) is 13.2. The second-order valence-corrected chi connectivity index (χ2v) is 13.5. The molecule has 3 aromatic heterocycles. The van der Waals surface area contributed by atoms with Crippen molar-refractivity contribution in [1.29, 1.82) is 0 Å². The van der Waals surface area contributed by atoms with Gasteiger partial charge in [0.05, 0.1) is 17.6 Å². The van der Waals surface area contributed by atoms with Gasteiger partial charge in [0, 0.05) is 42.0 Å². The molecule has 0 aliphatic rings. The Labute approximate surface area is 215 Å². The third-order valence-electron chi connectivity index (χ3n) is 5.64. The standard InChI is InChI=1S/C23H31N9O2S2/c1-22(2,3)17-16(25-26-21-24-20(29-35-21)23(4,5)6)19-30(7)18(28-32(19)27-17)14-11-10-12-15(13-14)31(8)36(9,33)34/h10-13H,1-9H3. The van der Waals surface area contributed by atoms with Gasteiger partial charge in [0.25, 0.3) is 0 Å². The molecule has 0 saturated heterocycles. The average molecular weight is 530 g/mol. The van der Waals surface area contributed by atoms with Crippen LogP contribution in [0.3, 0.4) is 0 Å². The third kappa shape index (κ3) is 4.89. The molecular formula is C23H31N9O2S2. The van der Waals surface area contributed by atoms with Gasteiger partial charge in [-0.3, -0.25) is 4.31 Å². The highest BCUT2D eigenvalue weighted by atomic mass is 32.2. The van der Waals surface area contributed by atoms with E-state index >= 15 is 0 Å². The molecule has 192 valence electrons. The fourth-order valence-corrected chi connectivity index (χ4v) is 4.73. The van der Waals surface area contributed by atoms with Crippen molar-refractivity contribution in [1.82, 2.24) is 28.8 Å². The zero-order chi connectivity index (χ0) is 26.6. The zero-order valence-corrected chi connectivity index (χ0v) is 23.6. The van der Waals surface area contributed by atoms with Crippen LogP contribution in [0.25, 0.3) is 17.0 Å². The van der Waals surface area contributed by atoms with Crippen molar-refractivity contribution < 1.29 is 8.42 Å². The zero-order valence-electron chi connectivity index (χ0n) is 22.0. The molecule has 0 N–H and O–H groups in total. The van der Waals surface area contributed by atoms with E-state index in [4.69, 9.17) is 10.2 Å². The van der Waals surface area contributed by atoms with E-state index in [0.29, 0.717) is 28.0 Å². The average Bonchev–Trinajstić information content (AvgIpc) is 3.46. The Bertz CT molecular complexity index is 1570. The van der Waals surface area contributed by atoms with E-state index in [2.05, 4.69) is 61.1 Å². The van der Waals surface area contributed by atoms with Crippen LogP contribution in [0.2, 0.25) is 0 Å². The van der Waals surface area contributed by atoms with Crippen LogP contribution >= 0.6 is 11.5 Å². The summed E-state index contributed by atoms with van der Waals surface area (Å²) in [6.45, 7) is 12.3. The van der Waals surface area contributed by atoms with Crippen molar-refractivity contribution >= 4 is 43.7 Å². The molecule has 0 unspecified atom stereocenters. The molecule has 0 spiro atoms. The lowest BCUT2D eigenvalue weighted by molar-refractivity contribution is 0.554. The lowest BCUT2D eigenvalue weighted by Gasteiger charge is -2.17. The second kappa shape index (κ2) is 8.73. The summed E-state index contributed by atoms with van der Waals surface area (Å²) >= 11 is 1.20. The van der Waals surface area contributed by atoms with Gasteiger partial charge in [-0.15, -0.1) is 20.0 Å². The number of nitrogens with zero attached hydrogens (tertiary/aromatic N) is 9. The van der Waals surface area contributed by atoms with Crippen LogP contribution in [0, 0.1) is 0 Å². The largest absolute Gasteiger partial charge is 0.309 e. The van der Waals surface area contributed by atoms with Gasteiger partial charge in [0.1, 0.15) is 5.82 Å². The highest BCUT2D eigenvalue weighted by Gasteiger charge is 2.28. The highest BCUT2D eigenvalue weighted by molar-refractivity contribution is 7.92. The first-order valence-corrected chi connectivity index (χ1v) is 14.0. The number of anilines is 1. The van der Waals surface area contributed by atoms with Gasteiger partial charge < -0.3 is 4.57 Å². The molecule has 0 saturated carbocycles. The van der Waals surface area contributed by atoms with Crippen LogP contribution in [-0.4, -0.2) is 50.5 Å². The first-order valence-electron chi connectivity index (χ1n) is 11.3. The highest BCUT2D eigenvalue weighted by Crippen LogP contribution is 2.37. The Balaban J connectivity index is 1.83. The van der Waals surface area contributed by atoms with Gasteiger partial charge in [-0.1, -0.05) is 53.7 Å². The molecule has 0 radical (unpaired) electrons. The third-order valence-corrected chi connectivity index (χ3v) is 7.45. The maximum Gasteiger partial charge on any atom is 0.249 e. The van der Waals surface area contributed by atoms with Gasteiger partial charge in [0.2, 0.25) is 15.2 Å². The Morgan fingerprint density at radius 3 is 2.31 bits per heavy atom. The number of hydrogen-bond acceptors (Lipinski definition) is 9. The maximum absolute atomic E-state index is 12.0. The summed E-state index contributed by atoms with van der Waals surface area (Å²) in [5.41, 5.74) is 2.82. The van der Waals surface area contributed by atoms with Crippen molar-refractivity contribution in [2.24, 2.45) is 17.3 Å². The van der Waals surface area contributed by atoms with Gasteiger partial charge in [-0.2, -0.15) is 14.5 Å². The summed E-state index contributed by atoms with van der Waals surface area (Å²) in [4.78, 5) is 4.52. The summed E-state index contributed by atoms with van der Waals surface area (Å²) in [6.07, 6.45) is 1.17. The summed E-state index contributed by atoms with van der Waals surface area (Å²) in [7, 11) is -0.00213. The minimum absolute atomic E-state index is 0.178. The topological polar surface area (TPSA) is 123 Å². The van der Waals surface area contributed by atoms with E-state index < -0.39 is 10.0 Å². The Kier molecular flexibility index (Phi) is 6.28. The Hall–Kier alpha value is -3.19. The smallest absolute Gasteiger partial charge is 0.249 e. The quantitative estimate of drug-likeness (QED) is 0.336. The molecule has 4 aromatic rings. The molecule has 0 amide bonds. The lowest BCUT2D eigenvalue weighted by atomic mass is 9.91. The molecule has 0 atom stereocenters. The lowest BCUT2D eigenvalue weighted by Crippen LogP contribution is -2.24. The molecule has 0 aliphatic carbocycles. The van der Waals surface area contributed by atoms with Crippen LogP contribution in [0.5, 0.6) is 0 Å². The number of rotatable bonds is 5. The van der Waals surface area contributed by atoms with Crippen molar-refractivity contribution in [3.63, 3.8) is 0 Å². The number of benzene rings is 1. The number of azo groups is 1. The minimum atomic E-state index is -3.40. The van der Waals surface area contributed by atoms with E-state index in [9.17, 15) is 8.42 Å². The monoisotopic (exact) mass is 529 g/mol. The Morgan fingerprint density at radius 2 is 1.72 bits per heavy atom. The fraction of sp³-hybridized carbons (Fsp3) is 0.478. The van der Waals surface area contributed by atoms with Crippen molar-refractivity contribution in [2.45, 2.75) is 52.4 Å². The predicted octanol–water partition coefficient (Wildman–Crippen LogP) is 4.99. The molecule has 11 nitrogen and oxygen atoms in total. The molecule has 4 rings (SSSR count). The molecule has 0 aliphatic heterocycles. The van der Waals surface area contributed by atoms with Crippen LogP contribution < -0.4 is 4.31 Å². The number of aryl methyl sites for hydroxylation is 1. The SMILES string of the molecule is CN(c1cccc(-c2nn3nc(C(C)(C)C)c(N=Nc4nc(C(C)(C)C)ns4)c3n2C)c1)S(C)(=O)=O. The van der Waals surface area contributed by atoms with E-state index in [1.807, 2.05) is 17.7 Å². The van der Waals surface area contributed by atoms with Gasteiger partial charge in [-0.25, -0.2) is 8.42 Å². The molecule has 3 heterocycles. The first-order chi connectivity index (χ1) is 16.6. The van der Waals surface area contributed by atoms with Gasteiger partial charge in [0.15, 0.2) is 17.2 Å². The predicted molar refractivity (Wildman–Crippen MR) is 142 cm³/mol. The minimum Gasteiger partial charge on any atom is -0.309 e. The molecule has 13 heteroatoms. The van der Waals surface area contributed by atoms with E-state index in [0.717, 1.165) is 17.1 Å². The van der Waals surface area contributed by atoms with Crippen molar-refractivity contribution in [2.75, 3.05) is 17.6 Å². The number of hydrogen-bond donors (Lipinski definition) is 0. The summed E-state index contributed by atoms with van der Waals surface area (Å²) in [5, 5.41) is 18.9. The fourth-order valence-electron chi connectivity index (χ4n) is 3.54. The van der Waals surface area contributed by atoms with Crippen molar-refractivity contribution in [3.8, 4) is 11.4 Å². The molecule has 0 bridgehead atoms. The molecular weight excluding hydrogens is 498 g/mol. The first kappa shape index (κ1) is 25.9. The van der Waals surface area contributed by atoms with Crippen LogP contribution in [0.15, 0.2) is 34.5 Å². The van der Waals surface area contributed by atoms with E-state index in [1.54, 1.807) is 22.8 Å². The van der Waals surface area contributed by atoms with E-state index in [1.165, 1.54) is 29.1 Å². The summed E-state index contributed by atoms with van der Waals surface area (Å²) < 4.78 is 33.1. The van der Waals surface area contributed by atoms with Crippen molar-refractivity contribution in [3.05, 3.63) is 35.8 Å². The number of sulfonamides is 1. The van der Waals surface area contributed by atoms with Gasteiger partial charge in [-0.05, 0) is 12.1 Å². The molecule has 0 fully saturated rings. The second-order valence-electron chi connectivity index (χ2n) is 10.8. The van der Waals surface area contributed by atoms with Crippen LogP contribution in [0.4, 0.5) is 16.5 Å². The Morgan fingerprint density at radius 1 is 1.03 bits per heavy atom.